The van der Waals surface area contributed by atoms with Gasteiger partial charge in [0.25, 0.3) is 0 Å². The monoisotopic (exact) mass is 335 g/mol. The molecule has 24 heavy (non-hydrogen) atoms. The summed E-state index contributed by atoms with van der Waals surface area (Å²) >= 11 is 0. The smallest absolute Gasteiger partial charge is 0.317 e. The second-order valence-corrected chi connectivity index (χ2v) is 6.62. The van der Waals surface area contributed by atoms with Gasteiger partial charge in [0, 0.05) is 32.2 Å². The molecule has 1 aliphatic carbocycles. The van der Waals surface area contributed by atoms with Gasteiger partial charge in [0.15, 0.2) is 0 Å². The predicted octanol–water partition coefficient (Wildman–Crippen LogP) is 0.520. The average molecular weight is 335 g/mol. The fourth-order valence-corrected chi connectivity index (χ4v) is 2.87. The number of ether oxygens (including phenoxy) is 1. The van der Waals surface area contributed by atoms with E-state index >= 15 is 0 Å². The van der Waals surface area contributed by atoms with Crippen LogP contribution < -0.4 is 10.2 Å². The van der Waals surface area contributed by atoms with Crippen LogP contribution in [0.5, 0.6) is 0 Å². The lowest BCUT2D eigenvalue weighted by molar-refractivity contribution is -0.138. The van der Waals surface area contributed by atoms with Crippen molar-refractivity contribution < 1.29 is 14.6 Å². The Bertz CT molecular complexity index is 566. The molecule has 0 spiro atoms. The summed E-state index contributed by atoms with van der Waals surface area (Å²) in [5.41, 5.74) is 0. The third-order valence-corrected chi connectivity index (χ3v) is 4.30. The SMILES string of the molecule is CN(CC(=O)O)CC1CN(c2cc(NCC3CC3)ncn2)CCO1. The van der Waals surface area contributed by atoms with Gasteiger partial charge in [-0.15, -0.1) is 0 Å². The first-order valence-electron chi connectivity index (χ1n) is 8.43. The summed E-state index contributed by atoms with van der Waals surface area (Å²) in [6.07, 6.45) is 4.17. The molecular formula is C16H25N5O3. The van der Waals surface area contributed by atoms with Crippen LogP contribution in [0.2, 0.25) is 0 Å². The number of morpholine rings is 1. The number of likely N-dealkylation sites (N-methyl/N-ethyl adjacent to an activating group) is 1. The maximum absolute atomic E-state index is 10.8. The maximum atomic E-state index is 10.8. The molecule has 1 saturated carbocycles. The van der Waals surface area contributed by atoms with Gasteiger partial charge in [0.2, 0.25) is 0 Å². The number of nitrogens with one attached hydrogen (secondary N) is 1. The van der Waals surface area contributed by atoms with Crippen LogP contribution in [0.4, 0.5) is 11.6 Å². The van der Waals surface area contributed by atoms with Crippen LogP contribution in [-0.2, 0) is 9.53 Å². The molecule has 1 atom stereocenters. The lowest BCUT2D eigenvalue weighted by Crippen LogP contribution is -2.48. The summed E-state index contributed by atoms with van der Waals surface area (Å²) in [5, 5.41) is 12.2. The highest BCUT2D eigenvalue weighted by Crippen LogP contribution is 2.29. The fourth-order valence-electron chi connectivity index (χ4n) is 2.87. The molecule has 2 N–H and O–H groups in total. The highest BCUT2D eigenvalue weighted by atomic mass is 16.5. The summed E-state index contributed by atoms with van der Waals surface area (Å²) in [6, 6.07) is 1.98. The van der Waals surface area contributed by atoms with Crippen LogP contribution >= 0.6 is 0 Å². The molecule has 3 rings (SSSR count). The van der Waals surface area contributed by atoms with Gasteiger partial charge in [-0.3, -0.25) is 9.69 Å². The van der Waals surface area contributed by atoms with Crippen molar-refractivity contribution in [1.29, 1.82) is 0 Å². The molecule has 132 valence electrons. The van der Waals surface area contributed by atoms with Crippen molar-refractivity contribution in [2.75, 3.05) is 56.6 Å². The number of carbonyl (C=O) groups is 1. The predicted molar refractivity (Wildman–Crippen MR) is 90.3 cm³/mol. The molecule has 2 fully saturated rings. The van der Waals surface area contributed by atoms with E-state index in [0.29, 0.717) is 19.7 Å². The fraction of sp³-hybridized carbons (Fsp3) is 0.688. The van der Waals surface area contributed by atoms with Gasteiger partial charge in [0.1, 0.15) is 18.0 Å². The largest absolute Gasteiger partial charge is 0.480 e. The Morgan fingerprint density at radius 3 is 3.08 bits per heavy atom. The summed E-state index contributed by atoms with van der Waals surface area (Å²) in [5.74, 6) is 1.71. The van der Waals surface area contributed by atoms with Crippen LogP contribution in [0.1, 0.15) is 12.8 Å². The molecule has 0 amide bonds. The molecule has 0 radical (unpaired) electrons. The van der Waals surface area contributed by atoms with E-state index in [9.17, 15) is 4.79 Å². The number of carboxylic acid groups (broad SMARTS) is 1. The molecule has 1 unspecified atom stereocenters. The van der Waals surface area contributed by atoms with Crippen LogP contribution in [-0.4, -0.2) is 78.4 Å². The number of hydrogen-bond donors (Lipinski definition) is 2. The first-order valence-corrected chi connectivity index (χ1v) is 8.43. The molecule has 1 saturated heterocycles. The average Bonchev–Trinajstić information content (AvgIpc) is 3.37. The Labute approximate surface area is 141 Å². The minimum Gasteiger partial charge on any atom is -0.480 e. The van der Waals surface area contributed by atoms with E-state index in [2.05, 4.69) is 20.2 Å². The van der Waals surface area contributed by atoms with Gasteiger partial charge in [-0.25, -0.2) is 9.97 Å². The Morgan fingerprint density at radius 2 is 2.33 bits per heavy atom. The summed E-state index contributed by atoms with van der Waals surface area (Å²) in [6.45, 7) is 3.66. The Balaban J connectivity index is 1.55. The Kier molecular flexibility index (Phi) is 5.47. The van der Waals surface area contributed by atoms with Gasteiger partial charge in [-0.2, -0.15) is 0 Å². The first kappa shape index (κ1) is 16.9. The van der Waals surface area contributed by atoms with Crippen molar-refractivity contribution in [3.63, 3.8) is 0 Å². The minimum atomic E-state index is -0.827. The number of carboxylic acids is 1. The van der Waals surface area contributed by atoms with E-state index in [1.165, 1.54) is 12.8 Å². The Hall–Kier alpha value is -1.93. The molecule has 8 heteroatoms. The van der Waals surface area contributed by atoms with Gasteiger partial charge in [0.05, 0.1) is 19.3 Å². The van der Waals surface area contributed by atoms with Crippen molar-refractivity contribution in [3.8, 4) is 0 Å². The normalized spacial score (nSPS) is 21.1. The van der Waals surface area contributed by atoms with Gasteiger partial charge in [-0.1, -0.05) is 0 Å². The molecule has 2 aliphatic rings. The highest BCUT2D eigenvalue weighted by molar-refractivity contribution is 5.69. The van der Waals surface area contributed by atoms with Crippen LogP contribution in [0.25, 0.3) is 0 Å². The quantitative estimate of drug-likeness (QED) is 0.710. The molecule has 0 aromatic carbocycles. The molecule has 1 aliphatic heterocycles. The van der Waals surface area contributed by atoms with E-state index < -0.39 is 5.97 Å². The van der Waals surface area contributed by atoms with Gasteiger partial charge in [-0.05, 0) is 25.8 Å². The first-order chi connectivity index (χ1) is 11.6. The van der Waals surface area contributed by atoms with E-state index in [-0.39, 0.29) is 12.6 Å². The molecule has 1 aromatic heterocycles. The molecule has 2 heterocycles. The summed E-state index contributed by atoms with van der Waals surface area (Å²) in [7, 11) is 1.79. The second-order valence-electron chi connectivity index (χ2n) is 6.62. The number of anilines is 2. The van der Waals surface area contributed by atoms with Crippen LogP contribution in [0, 0.1) is 5.92 Å². The number of nitrogens with zero attached hydrogens (tertiary/aromatic N) is 4. The minimum absolute atomic E-state index is 0.0165. The molecule has 8 nitrogen and oxygen atoms in total. The standard InChI is InChI=1S/C16H25N5O3/c1-20(10-16(22)23)8-13-9-21(4-5-24-13)15-6-14(18-11-19-15)17-7-12-2-3-12/h6,11-13H,2-5,7-10H2,1H3,(H,22,23)(H,17,18,19). The van der Waals surface area contributed by atoms with Crippen LogP contribution in [0.3, 0.4) is 0 Å². The van der Waals surface area contributed by atoms with E-state index in [0.717, 1.165) is 30.6 Å². The summed E-state index contributed by atoms with van der Waals surface area (Å²) < 4.78 is 5.76. The zero-order valence-corrected chi connectivity index (χ0v) is 14.0. The van der Waals surface area contributed by atoms with Crippen molar-refractivity contribution in [2.45, 2.75) is 18.9 Å². The third-order valence-electron chi connectivity index (χ3n) is 4.30. The Morgan fingerprint density at radius 1 is 1.50 bits per heavy atom. The number of aromatic nitrogens is 2. The zero-order valence-electron chi connectivity index (χ0n) is 14.0. The van der Waals surface area contributed by atoms with Crippen molar-refractivity contribution >= 4 is 17.6 Å². The number of aliphatic carboxylic acids is 1. The van der Waals surface area contributed by atoms with E-state index in [1.807, 2.05) is 6.07 Å². The maximum Gasteiger partial charge on any atom is 0.317 e. The number of hydrogen-bond acceptors (Lipinski definition) is 7. The lowest BCUT2D eigenvalue weighted by atomic mass is 10.2. The van der Waals surface area contributed by atoms with Gasteiger partial charge >= 0.3 is 5.97 Å². The lowest BCUT2D eigenvalue weighted by Gasteiger charge is -2.35. The molecule has 1 aromatic rings. The van der Waals surface area contributed by atoms with Gasteiger partial charge < -0.3 is 20.1 Å². The van der Waals surface area contributed by atoms with Crippen molar-refractivity contribution in [3.05, 3.63) is 12.4 Å². The number of rotatable bonds is 8. The topological polar surface area (TPSA) is 90.8 Å². The zero-order chi connectivity index (χ0) is 16.9. The third kappa shape index (κ3) is 5.04. The summed E-state index contributed by atoms with van der Waals surface area (Å²) in [4.78, 5) is 23.4. The second kappa shape index (κ2) is 7.76. The van der Waals surface area contributed by atoms with Crippen LogP contribution in [0.15, 0.2) is 12.4 Å². The van der Waals surface area contributed by atoms with E-state index in [4.69, 9.17) is 9.84 Å². The molecular weight excluding hydrogens is 310 g/mol. The van der Waals surface area contributed by atoms with E-state index in [1.54, 1.807) is 18.3 Å². The van der Waals surface area contributed by atoms with Crippen molar-refractivity contribution in [2.24, 2.45) is 5.92 Å². The molecule has 0 bridgehead atoms. The van der Waals surface area contributed by atoms with Crippen molar-refractivity contribution in [1.82, 2.24) is 14.9 Å². The highest BCUT2D eigenvalue weighted by Gasteiger charge is 2.24.